The molecule has 5 heteroatoms. The summed E-state index contributed by atoms with van der Waals surface area (Å²) in [5.74, 6) is -1.14. The van der Waals surface area contributed by atoms with E-state index >= 15 is 0 Å². The Labute approximate surface area is 80.3 Å². The van der Waals surface area contributed by atoms with E-state index in [0.29, 0.717) is 5.56 Å². The molecule has 0 fully saturated rings. The van der Waals surface area contributed by atoms with Crippen molar-refractivity contribution in [3.63, 3.8) is 0 Å². The first kappa shape index (κ1) is 9.95. The van der Waals surface area contributed by atoms with Gasteiger partial charge < -0.3 is 10.8 Å². The quantitative estimate of drug-likeness (QED) is 0.699. The lowest BCUT2D eigenvalue weighted by molar-refractivity contribution is -0.143. The van der Waals surface area contributed by atoms with Crippen molar-refractivity contribution < 1.29 is 9.90 Å². The fraction of sp³-hybridized carbons (Fsp3) is 0.250. The largest absolute Gasteiger partial charge is 0.480 e. The molecular weight excluding hydrogens is 192 g/mol. The van der Waals surface area contributed by atoms with Crippen LogP contribution in [-0.2, 0) is 10.3 Å². The van der Waals surface area contributed by atoms with E-state index in [-0.39, 0.29) is 5.15 Å². The standard InChI is InChI=1S/C8H9ClN2O2/c1-8(10,7(12)13)5-3-2-4-11-6(5)9/h2-4H,10H2,1H3,(H,12,13)/t8-/m0/s1. The summed E-state index contributed by atoms with van der Waals surface area (Å²) in [5.41, 5.74) is 4.37. The van der Waals surface area contributed by atoms with Crippen molar-refractivity contribution in [2.24, 2.45) is 5.73 Å². The van der Waals surface area contributed by atoms with Crippen LogP contribution in [0.5, 0.6) is 0 Å². The Bertz CT molecular complexity index is 339. The zero-order chi connectivity index (χ0) is 10.1. The van der Waals surface area contributed by atoms with E-state index in [2.05, 4.69) is 4.98 Å². The van der Waals surface area contributed by atoms with Crippen LogP contribution < -0.4 is 5.73 Å². The lowest BCUT2D eigenvalue weighted by atomic mass is 9.95. The first-order valence-electron chi connectivity index (χ1n) is 3.59. The SMILES string of the molecule is C[C@@](N)(C(=O)O)c1cccnc1Cl. The number of nitrogens with zero attached hydrogens (tertiary/aromatic N) is 1. The molecule has 0 saturated carbocycles. The number of halogens is 1. The van der Waals surface area contributed by atoms with Crippen molar-refractivity contribution in [1.82, 2.24) is 4.98 Å². The minimum absolute atomic E-state index is 0.120. The van der Waals surface area contributed by atoms with Crippen molar-refractivity contribution in [2.45, 2.75) is 12.5 Å². The van der Waals surface area contributed by atoms with Crippen molar-refractivity contribution in [3.05, 3.63) is 29.0 Å². The summed E-state index contributed by atoms with van der Waals surface area (Å²) in [5, 5.41) is 8.93. The molecule has 13 heavy (non-hydrogen) atoms. The zero-order valence-electron chi connectivity index (χ0n) is 6.99. The van der Waals surface area contributed by atoms with E-state index in [1.165, 1.54) is 13.1 Å². The molecule has 0 aromatic carbocycles. The molecule has 70 valence electrons. The monoisotopic (exact) mass is 200 g/mol. The normalized spacial score (nSPS) is 15.0. The first-order chi connectivity index (χ1) is 5.96. The summed E-state index contributed by atoms with van der Waals surface area (Å²) in [6, 6.07) is 3.14. The van der Waals surface area contributed by atoms with Crippen LogP contribution >= 0.6 is 11.6 Å². The second-order valence-corrected chi connectivity index (χ2v) is 3.21. The van der Waals surface area contributed by atoms with Gasteiger partial charge >= 0.3 is 5.97 Å². The van der Waals surface area contributed by atoms with Gasteiger partial charge in [-0.25, -0.2) is 9.78 Å². The molecule has 1 rings (SSSR count). The fourth-order valence-electron chi connectivity index (χ4n) is 0.889. The second kappa shape index (κ2) is 3.32. The third-order valence-electron chi connectivity index (χ3n) is 1.76. The summed E-state index contributed by atoms with van der Waals surface area (Å²) in [6.07, 6.45) is 1.48. The van der Waals surface area contributed by atoms with Gasteiger partial charge in [-0.3, -0.25) is 0 Å². The van der Waals surface area contributed by atoms with Crippen LogP contribution in [0.25, 0.3) is 0 Å². The molecule has 1 atom stereocenters. The van der Waals surface area contributed by atoms with Crippen molar-refractivity contribution in [1.29, 1.82) is 0 Å². The van der Waals surface area contributed by atoms with Crippen LogP contribution in [0.4, 0.5) is 0 Å². The lowest BCUT2D eigenvalue weighted by Crippen LogP contribution is -2.42. The van der Waals surface area contributed by atoms with Gasteiger partial charge in [0.1, 0.15) is 10.7 Å². The Morgan fingerprint density at radius 3 is 2.85 bits per heavy atom. The maximum Gasteiger partial charge on any atom is 0.328 e. The molecular formula is C8H9ClN2O2. The zero-order valence-corrected chi connectivity index (χ0v) is 7.75. The van der Waals surface area contributed by atoms with Gasteiger partial charge in [-0.15, -0.1) is 0 Å². The van der Waals surface area contributed by atoms with E-state index in [4.69, 9.17) is 22.4 Å². The number of rotatable bonds is 2. The number of carboxylic acids is 1. The number of aliphatic carboxylic acids is 1. The topological polar surface area (TPSA) is 76.2 Å². The molecule has 1 heterocycles. The minimum Gasteiger partial charge on any atom is -0.480 e. The summed E-state index contributed by atoms with van der Waals surface area (Å²) in [6.45, 7) is 1.37. The van der Waals surface area contributed by atoms with Gasteiger partial charge in [-0.05, 0) is 13.0 Å². The van der Waals surface area contributed by atoms with Crippen molar-refractivity contribution in [3.8, 4) is 0 Å². The van der Waals surface area contributed by atoms with Crippen LogP contribution in [0.1, 0.15) is 12.5 Å². The lowest BCUT2D eigenvalue weighted by Gasteiger charge is -2.19. The Morgan fingerprint density at radius 2 is 2.38 bits per heavy atom. The van der Waals surface area contributed by atoms with Gasteiger partial charge in [0, 0.05) is 11.8 Å². The molecule has 1 aromatic heterocycles. The molecule has 0 bridgehead atoms. The molecule has 0 unspecified atom stereocenters. The molecule has 0 amide bonds. The predicted molar refractivity (Wildman–Crippen MR) is 48.4 cm³/mol. The van der Waals surface area contributed by atoms with Crippen LogP contribution in [0.15, 0.2) is 18.3 Å². The maximum atomic E-state index is 10.8. The van der Waals surface area contributed by atoms with Gasteiger partial charge in [0.2, 0.25) is 0 Å². The van der Waals surface area contributed by atoms with Crippen molar-refractivity contribution >= 4 is 17.6 Å². The summed E-state index contributed by atoms with van der Waals surface area (Å²) < 4.78 is 0. The van der Waals surface area contributed by atoms with E-state index in [1.54, 1.807) is 12.1 Å². The fourth-order valence-corrected chi connectivity index (χ4v) is 1.20. The number of nitrogens with two attached hydrogens (primary N) is 1. The molecule has 0 aliphatic rings. The maximum absolute atomic E-state index is 10.8. The number of carbonyl (C=O) groups is 1. The molecule has 0 radical (unpaired) electrons. The Kier molecular flexibility index (Phi) is 2.54. The van der Waals surface area contributed by atoms with Gasteiger partial charge in [-0.2, -0.15) is 0 Å². The molecule has 0 saturated heterocycles. The third kappa shape index (κ3) is 1.79. The summed E-state index contributed by atoms with van der Waals surface area (Å²) in [7, 11) is 0. The highest BCUT2D eigenvalue weighted by Crippen LogP contribution is 2.23. The highest BCUT2D eigenvalue weighted by Gasteiger charge is 2.32. The number of aromatic nitrogens is 1. The molecule has 0 spiro atoms. The molecule has 4 nitrogen and oxygen atoms in total. The van der Waals surface area contributed by atoms with Gasteiger partial charge in [0.25, 0.3) is 0 Å². The summed E-state index contributed by atoms with van der Waals surface area (Å²) in [4.78, 5) is 14.5. The van der Waals surface area contributed by atoms with E-state index < -0.39 is 11.5 Å². The minimum atomic E-state index is -1.49. The Morgan fingerprint density at radius 1 is 1.77 bits per heavy atom. The Hall–Kier alpha value is -1.13. The van der Waals surface area contributed by atoms with Gasteiger partial charge in [0.05, 0.1) is 0 Å². The average Bonchev–Trinajstić information content (AvgIpc) is 2.04. The number of hydrogen-bond donors (Lipinski definition) is 2. The van der Waals surface area contributed by atoms with E-state index in [1.807, 2.05) is 0 Å². The number of pyridine rings is 1. The van der Waals surface area contributed by atoms with E-state index in [9.17, 15) is 4.79 Å². The molecule has 0 aliphatic carbocycles. The third-order valence-corrected chi connectivity index (χ3v) is 2.06. The van der Waals surface area contributed by atoms with Crippen LogP contribution in [0, 0.1) is 0 Å². The number of carboxylic acid groups (broad SMARTS) is 1. The molecule has 1 aromatic rings. The second-order valence-electron chi connectivity index (χ2n) is 2.85. The van der Waals surface area contributed by atoms with Crippen LogP contribution in [0.3, 0.4) is 0 Å². The van der Waals surface area contributed by atoms with Gasteiger partial charge in [-0.1, -0.05) is 17.7 Å². The smallest absolute Gasteiger partial charge is 0.328 e. The highest BCUT2D eigenvalue weighted by molar-refractivity contribution is 6.30. The average molecular weight is 201 g/mol. The molecule has 3 N–H and O–H groups in total. The van der Waals surface area contributed by atoms with Crippen molar-refractivity contribution in [2.75, 3.05) is 0 Å². The number of hydrogen-bond acceptors (Lipinski definition) is 3. The Balaban J connectivity index is 3.22. The van der Waals surface area contributed by atoms with Crippen LogP contribution in [-0.4, -0.2) is 16.1 Å². The van der Waals surface area contributed by atoms with Crippen LogP contribution in [0.2, 0.25) is 5.15 Å². The summed E-state index contributed by atoms with van der Waals surface area (Å²) >= 11 is 5.70. The predicted octanol–water partition coefficient (Wildman–Crippen LogP) is 0.993. The molecule has 0 aliphatic heterocycles. The first-order valence-corrected chi connectivity index (χ1v) is 3.97. The van der Waals surface area contributed by atoms with Gasteiger partial charge in [0.15, 0.2) is 0 Å². The highest BCUT2D eigenvalue weighted by atomic mass is 35.5. The van der Waals surface area contributed by atoms with E-state index in [0.717, 1.165) is 0 Å².